The van der Waals surface area contributed by atoms with Gasteiger partial charge in [-0.2, -0.15) is 25.9 Å². The molecule has 0 N–H and O–H groups in total. The van der Waals surface area contributed by atoms with Gasteiger partial charge in [-0.3, -0.25) is 0 Å². The zero-order valence-electron chi connectivity index (χ0n) is 21.0. The molecule has 0 atom stereocenters. The van der Waals surface area contributed by atoms with Crippen LogP contribution in [-0.2, 0) is 26.7 Å². The third-order valence-corrected chi connectivity index (χ3v) is 10.9. The summed E-state index contributed by atoms with van der Waals surface area (Å²) < 4.78 is 96.7. The summed E-state index contributed by atoms with van der Waals surface area (Å²) in [5, 5.41) is 2.12. The Kier molecular flexibility index (Phi) is 8.84. The van der Waals surface area contributed by atoms with Gasteiger partial charge in [-0.1, -0.05) is 73.4 Å². The Morgan fingerprint density at radius 3 is 2.18 bits per heavy atom. The first-order valence-corrected chi connectivity index (χ1v) is 18.5. The monoisotopic (exact) mass is 601 g/mol. The number of thiophene rings is 1. The summed E-state index contributed by atoms with van der Waals surface area (Å²) in [5.74, 6) is 5.18. The highest BCUT2D eigenvalue weighted by Crippen LogP contribution is 2.31. The van der Waals surface area contributed by atoms with Crippen molar-refractivity contribution in [2.75, 3.05) is 6.54 Å². The van der Waals surface area contributed by atoms with Crippen LogP contribution in [0, 0.1) is 18.8 Å². The predicted molar refractivity (Wildman–Crippen MR) is 145 cm³/mol. The Labute approximate surface area is 226 Å². The van der Waals surface area contributed by atoms with E-state index in [4.69, 9.17) is 0 Å². The number of halogens is 3. The van der Waals surface area contributed by atoms with E-state index in [9.17, 15) is 30.0 Å². The van der Waals surface area contributed by atoms with Crippen molar-refractivity contribution in [2.45, 2.75) is 43.5 Å². The first kappa shape index (κ1) is 29.9. The molecule has 3 aromatic rings. The molecular formula is C25H26F3NO5S3Si. The molecule has 1 heterocycles. The van der Waals surface area contributed by atoms with Crippen LogP contribution in [0.1, 0.15) is 16.0 Å². The van der Waals surface area contributed by atoms with Crippen molar-refractivity contribution < 1.29 is 34.2 Å². The zero-order chi connectivity index (χ0) is 28.4. The van der Waals surface area contributed by atoms with E-state index >= 15 is 0 Å². The molecule has 0 saturated carbocycles. The molecular weight excluding hydrogens is 576 g/mol. The fourth-order valence-corrected chi connectivity index (χ4v) is 7.38. The van der Waals surface area contributed by atoms with E-state index in [1.165, 1.54) is 35.6 Å². The van der Waals surface area contributed by atoms with Gasteiger partial charge in [-0.25, -0.2) is 8.42 Å². The lowest BCUT2D eigenvalue weighted by Crippen LogP contribution is -2.41. The average molecular weight is 602 g/mol. The van der Waals surface area contributed by atoms with Gasteiger partial charge in [0.25, 0.3) is 0 Å². The zero-order valence-corrected chi connectivity index (χ0v) is 24.5. The lowest BCUT2D eigenvalue weighted by atomic mass is 10.2. The van der Waals surface area contributed by atoms with Crippen LogP contribution in [0.4, 0.5) is 13.2 Å². The summed E-state index contributed by atoms with van der Waals surface area (Å²) in [6.07, 6.45) is 0. The lowest BCUT2D eigenvalue weighted by molar-refractivity contribution is -0.0500. The molecule has 38 heavy (non-hydrogen) atoms. The number of aryl methyl sites for hydroxylation is 1. The van der Waals surface area contributed by atoms with Gasteiger partial charge in [0.15, 0.2) is 0 Å². The highest BCUT2D eigenvalue weighted by molar-refractivity contribution is 7.89. The second-order valence-electron chi connectivity index (χ2n) is 9.39. The number of hydrogen-bond acceptors (Lipinski definition) is 6. The van der Waals surface area contributed by atoms with Crippen LogP contribution in [-0.4, -0.2) is 41.3 Å². The SMILES string of the molecule is Cc1ccc(S(=O)(=O)N(CC#Cc2cccs2)Cc2cccc([Si](C)(C)C)c2OS(=O)(=O)C(F)(F)F)cc1. The van der Waals surface area contributed by atoms with Crippen molar-refractivity contribution >= 4 is 44.7 Å². The minimum Gasteiger partial charge on any atom is -0.376 e. The smallest absolute Gasteiger partial charge is 0.376 e. The molecule has 0 fully saturated rings. The fourth-order valence-electron chi connectivity index (χ4n) is 3.39. The molecule has 0 radical (unpaired) electrons. The summed E-state index contributed by atoms with van der Waals surface area (Å²) >= 11 is 1.37. The van der Waals surface area contributed by atoms with Crippen LogP contribution in [0.2, 0.25) is 19.6 Å². The highest BCUT2D eigenvalue weighted by atomic mass is 32.2. The second-order valence-corrected chi connectivity index (χ2v) is 18.9. The average Bonchev–Trinajstić information content (AvgIpc) is 3.31. The third-order valence-electron chi connectivity index (χ3n) is 5.37. The van der Waals surface area contributed by atoms with E-state index in [0.717, 1.165) is 9.87 Å². The molecule has 6 nitrogen and oxygen atoms in total. The summed E-state index contributed by atoms with van der Waals surface area (Å²) in [4.78, 5) is 0.673. The van der Waals surface area contributed by atoms with E-state index in [-0.39, 0.29) is 17.0 Å². The summed E-state index contributed by atoms with van der Waals surface area (Å²) in [5.41, 5.74) is -4.84. The first-order valence-electron chi connectivity index (χ1n) is 11.2. The van der Waals surface area contributed by atoms with Gasteiger partial charge in [-0.05, 0) is 35.7 Å². The predicted octanol–water partition coefficient (Wildman–Crippen LogP) is 5.07. The standard InChI is InChI=1S/C25H26F3NO5S3Si/c1-19-12-14-22(15-13-19)36(30,31)29(16-6-9-21-10-7-17-35-21)18-20-8-5-11-23(38(2,3)4)24(20)34-37(32,33)25(26,27)28/h5,7-8,10-15,17H,16,18H2,1-4H3. The van der Waals surface area contributed by atoms with Crippen molar-refractivity contribution in [3.63, 3.8) is 0 Å². The number of nitrogens with zero attached hydrogens (tertiary/aromatic N) is 1. The van der Waals surface area contributed by atoms with Gasteiger partial charge in [0.2, 0.25) is 10.0 Å². The fraction of sp³-hybridized carbons (Fsp3) is 0.280. The van der Waals surface area contributed by atoms with Gasteiger partial charge in [0.05, 0.1) is 24.4 Å². The van der Waals surface area contributed by atoms with Gasteiger partial charge in [0, 0.05) is 12.1 Å². The normalized spacial score (nSPS) is 12.7. The van der Waals surface area contributed by atoms with Crippen molar-refractivity contribution in [3.8, 4) is 17.6 Å². The lowest BCUT2D eigenvalue weighted by Gasteiger charge is -2.26. The van der Waals surface area contributed by atoms with Gasteiger partial charge < -0.3 is 4.18 Å². The maximum absolute atomic E-state index is 13.6. The van der Waals surface area contributed by atoms with E-state index in [1.807, 2.05) is 25.0 Å². The van der Waals surface area contributed by atoms with Crippen molar-refractivity contribution in [2.24, 2.45) is 0 Å². The van der Waals surface area contributed by atoms with Crippen LogP contribution < -0.4 is 9.37 Å². The molecule has 2 aromatic carbocycles. The highest BCUT2D eigenvalue weighted by Gasteiger charge is 2.49. The summed E-state index contributed by atoms with van der Waals surface area (Å²) in [7, 11) is -12.6. The molecule has 0 unspecified atom stereocenters. The van der Waals surface area contributed by atoms with Crippen LogP contribution in [0.25, 0.3) is 0 Å². The number of rotatable bonds is 8. The molecule has 13 heteroatoms. The molecule has 204 valence electrons. The van der Waals surface area contributed by atoms with E-state index in [1.54, 1.807) is 37.3 Å². The Hall–Kier alpha value is -2.63. The molecule has 0 aliphatic heterocycles. The van der Waals surface area contributed by atoms with Crippen LogP contribution in [0.5, 0.6) is 5.75 Å². The van der Waals surface area contributed by atoms with E-state index in [0.29, 0.717) is 10.1 Å². The molecule has 0 aliphatic rings. The second kappa shape index (κ2) is 11.2. The van der Waals surface area contributed by atoms with Crippen molar-refractivity contribution in [1.29, 1.82) is 0 Å². The van der Waals surface area contributed by atoms with Crippen LogP contribution >= 0.6 is 11.3 Å². The largest absolute Gasteiger partial charge is 0.534 e. The number of alkyl halides is 3. The Bertz CT molecular complexity index is 1550. The number of para-hydroxylation sites is 1. The molecule has 0 amide bonds. The Morgan fingerprint density at radius 1 is 0.974 bits per heavy atom. The molecule has 0 saturated heterocycles. The van der Waals surface area contributed by atoms with Gasteiger partial charge in [-0.15, -0.1) is 11.3 Å². The van der Waals surface area contributed by atoms with Gasteiger partial charge >= 0.3 is 15.6 Å². The van der Waals surface area contributed by atoms with E-state index < -0.39 is 46.0 Å². The summed E-state index contributed by atoms with van der Waals surface area (Å²) in [6.45, 7) is 6.48. The number of sulfonamides is 1. The summed E-state index contributed by atoms with van der Waals surface area (Å²) in [6, 6.07) is 14.1. The molecule has 0 spiro atoms. The number of hydrogen-bond donors (Lipinski definition) is 0. The molecule has 3 rings (SSSR count). The maximum Gasteiger partial charge on any atom is 0.534 e. The molecule has 1 aromatic heterocycles. The minimum atomic E-state index is -6.00. The van der Waals surface area contributed by atoms with Crippen molar-refractivity contribution in [3.05, 3.63) is 76.0 Å². The van der Waals surface area contributed by atoms with Crippen molar-refractivity contribution in [1.82, 2.24) is 4.31 Å². The quantitative estimate of drug-likeness (QED) is 0.156. The van der Waals surface area contributed by atoms with Crippen LogP contribution in [0.3, 0.4) is 0 Å². The third kappa shape index (κ3) is 7.06. The van der Waals surface area contributed by atoms with Gasteiger partial charge in [0.1, 0.15) is 5.75 Å². The minimum absolute atomic E-state index is 0.0219. The Balaban J connectivity index is 2.14. The molecule has 0 aliphatic carbocycles. The Morgan fingerprint density at radius 2 is 1.63 bits per heavy atom. The van der Waals surface area contributed by atoms with Crippen LogP contribution in [0.15, 0.2) is 64.9 Å². The number of benzene rings is 2. The maximum atomic E-state index is 13.6. The van der Waals surface area contributed by atoms with E-state index in [2.05, 4.69) is 16.0 Å². The molecule has 0 bridgehead atoms. The first-order chi connectivity index (χ1) is 17.5. The topological polar surface area (TPSA) is 80.8 Å².